The van der Waals surface area contributed by atoms with Gasteiger partial charge in [0, 0.05) is 55.3 Å². The van der Waals surface area contributed by atoms with Crippen LogP contribution >= 0.6 is 0 Å². The minimum absolute atomic E-state index is 1.08. The van der Waals surface area contributed by atoms with Gasteiger partial charge in [-0.1, -0.05) is 178 Å². The van der Waals surface area contributed by atoms with E-state index in [0.29, 0.717) is 0 Å². The van der Waals surface area contributed by atoms with Crippen molar-refractivity contribution in [3.63, 3.8) is 0 Å². The van der Waals surface area contributed by atoms with Gasteiger partial charge in [-0.05, 0) is 76.9 Å². The van der Waals surface area contributed by atoms with Gasteiger partial charge < -0.3 is 14.5 Å². The topological polar surface area (TPSA) is 24.0 Å². The Bertz CT molecular complexity index is 3200. The van der Waals surface area contributed by atoms with Gasteiger partial charge in [-0.15, -0.1) is 0 Å². The predicted octanol–water partition coefficient (Wildman–Crippen LogP) is 15.9. The van der Waals surface area contributed by atoms with E-state index in [4.69, 9.17) is 0 Å². The van der Waals surface area contributed by atoms with Crippen molar-refractivity contribution in [1.82, 2.24) is 9.55 Å². The summed E-state index contributed by atoms with van der Waals surface area (Å²) >= 11 is 0. The molecule has 3 heteroatoms. The minimum Gasteiger partial charge on any atom is -0.354 e. The molecule has 11 aromatic rings. The average Bonchev–Trinajstić information content (AvgIpc) is 3.88. The number of fused-ring (bicyclic) bond motifs is 6. The van der Waals surface area contributed by atoms with Crippen molar-refractivity contribution < 1.29 is 0 Å². The summed E-state index contributed by atoms with van der Waals surface area (Å²) in [4.78, 5) is 6.24. The Labute approximate surface area is 345 Å². The molecule has 0 unspecified atom stereocenters. The average molecular weight is 758 g/mol. The summed E-state index contributed by atoms with van der Waals surface area (Å²) in [6.07, 6.45) is 0. The van der Waals surface area contributed by atoms with E-state index in [1.807, 2.05) is 13.8 Å². The number of para-hydroxylation sites is 4. The van der Waals surface area contributed by atoms with Gasteiger partial charge in [0.25, 0.3) is 0 Å². The monoisotopic (exact) mass is 757 g/mol. The van der Waals surface area contributed by atoms with E-state index in [0.717, 1.165) is 33.8 Å². The molecule has 0 bridgehead atoms. The third-order valence-corrected chi connectivity index (χ3v) is 11.3. The second-order valence-corrected chi connectivity index (χ2v) is 14.6. The molecule has 0 radical (unpaired) electrons. The highest BCUT2D eigenvalue weighted by molar-refractivity contribution is 6.19. The molecule has 59 heavy (non-hydrogen) atoms. The van der Waals surface area contributed by atoms with Crippen LogP contribution in [0.1, 0.15) is 13.8 Å². The van der Waals surface area contributed by atoms with Gasteiger partial charge in [0.15, 0.2) is 0 Å². The van der Waals surface area contributed by atoms with Gasteiger partial charge in [-0.25, -0.2) is 0 Å². The number of benzene rings is 9. The first-order valence-electron chi connectivity index (χ1n) is 20.5. The minimum atomic E-state index is 1.08. The van der Waals surface area contributed by atoms with Crippen LogP contribution < -0.4 is 4.90 Å². The summed E-state index contributed by atoms with van der Waals surface area (Å²) in [6.45, 7) is 4.00. The molecule has 0 aliphatic heterocycles. The lowest BCUT2D eigenvalue weighted by Crippen LogP contribution is -2.10. The maximum atomic E-state index is 3.82. The molecule has 1 N–H and O–H groups in total. The molecule has 2 heterocycles. The van der Waals surface area contributed by atoms with Crippen molar-refractivity contribution in [3.8, 4) is 39.1 Å². The second kappa shape index (κ2) is 15.4. The van der Waals surface area contributed by atoms with Crippen molar-refractivity contribution in [3.05, 3.63) is 218 Å². The maximum absolute atomic E-state index is 3.82. The SMILES string of the molecule is CC.c1ccc(-c2ccc(N(c3ccc(-c4cccc5c6ccccc6n(-c6ccccc6)c45)cc3)c3ccc(-c4ccccc4)c4[nH]c5ccccc5c34)cc2)cc1. The van der Waals surface area contributed by atoms with Crippen LogP contribution in [0.4, 0.5) is 17.1 Å². The summed E-state index contributed by atoms with van der Waals surface area (Å²) < 4.78 is 2.41. The Morgan fingerprint density at radius 3 is 1.61 bits per heavy atom. The largest absolute Gasteiger partial charge is 0.354 e. The normalized spacial score (nSPS) is 11.2. The fourth-order valence-corrected chi connectivity index (χ4v) is 8.73. The van der Waals surface area contributed by atoms with Crippen LogP contribution in [0.25, 0.3) is 82.7 Å². The molecule has 0 spiro atoms. The van der Waals surface area contributed by atoms with Crippen LogP contribution in [0, 0.1) is 0 Å². The Morgan fingerprint density at radius 1 is 0.390 bits per heavy atom. The Balaban J connectivity index is 0.00000207. The van der Waals surface area contributed by atoms with Crippen LogP contribution in [0.2, 0.25) is 0 Å². The molecular formula is C56H43N3. The van der Waals surface area contributed by atoms with Crippen LogP contribution in [-0.2, 0) is 0 Å². The summed E-state index contributed by atoms with van der Waals surface area (Å²) in [6, 6.07) is 78.7. The summed E-state index contributed by atoms with van der Waals surface area (Å²) in [7, 11) is 0. The molecule has 0 atom stereocenters. The van der Waals surface area contributed by atoms with Crippen LogP contribution in [0.15, 0.2) is 218 Å². The van der Waals surface area contributed by atoms with Crippen LogP contribution in [-0.4, -0.2) is 9.55 Å². The van der Waals surface area contributed by atoms with Crippen molar-refractivity contribution >= 4 is 60.7 Å². The Kier molecular flexibility index (Phi) is 9.32. The van der Waals surface area contributed by atoms with Crippen LogP contribution in [0.5, 0.6) is 0 Å². The van der Waals surface area contributed by atoms with Gasteiger partial charge in [-0.2, -0.15) is 0 Å². The van der Waals surface area contributed by atoms with Gasteiger partial charge in [0.05, 0.1) is 22.2 Å². The van der Waals surface area contributed by atoms with E-state index in [1.165, 1.54) is 66.0 Å². The predicted molar refractivity (Wildman–Crippen MR) is 252 cm³/mol. The first kappa shape index (κ1) is 35.8. The molecule has 0 saturated heterocycles. The lowest BCUT2D eigenvalue weighted by Gasteiger charge is -2.27. The summed E-state index contributed by atoms with van der Waals surface area (Å²) in [5, 5.41) is 4.89. The summed E-state index contributed by atoms with van der Waals surface area (Å²) in [5.74, 6) is 0. The van der Waals surface area contributed by atoms with E-state index in [-0.39, 0.29) is 0 Å². The zero-order valence-electron chi connectivity index (χ0n) is 33.2. The van der Waals surface area contributed by atoms with Gasteiger partial charge in [0.2, 0.25) is 0 Å². The molecule has 0 fully saturated rings. The smallest absolute Gasteiger partial charge is 0.0619 e. The highest BCUT2D eigenvalue weighted by atomic mass is 15.1. The van der Waals surface area contributed by atoms with E-state index in [9.17, 15) is 0 Å². The Morgan fingerprint density at radius 2 is 0.915 bits per heavy atom. The van der Waals surface area contributed by atoms with Crippen molar-refractivity contribution in [2.24, 2.45) is 0 Å². The molecule has 2 aromatic heterocycles. The number of H-pyrrole nitrogens is 1. The molecule has 0 aliphatic carbocycles. The molecular weight excluding hydrogens is 715 g/mol. The number of anilines is 3. The van der Waals surface area contributed by atoms with Gasteiger partial charge in [-0.3, -0.25) is 0 Å². The molecule has 9 aromatic carbocycles. The maximum Gasteiger partial charge on any atom is 0.0619 e. The quantitative estimate of drug-likeness (QED) is 0.172. The molecule has 0 amide bonds. The zero-order valence-corrected chi connectivity index (χ0v) is 33.2. The van der Waals surface area contributed by atoms with E-state index >= 15 is 0 Å². The number of rotatable bonds is 7. The lowest BCUT2D eigenvalue weighted by atomic mass is 9.98. The molecule has 11 rings (SSSR count). The fourth-order valence-electron chi connectivity index (χ4n) is 8.73. The van der Waals surface area contributed by atoms with E-state index in [1.54, 1.807) is 0 Å². The second-order valence-electron chi connectivity index (χ2n) is 14.6. The third kappa shape index (κ3) is 6.25. The molecule has 0 saturated carbocycles. The molecule has 0 aliphatic rings. The standard InChI is InChI=1S/C54H37N3.C2H6/c1-4-15-37(16-5-1)38-27-31-42(32-28-38)56(51-36-35-44(39-17-6-2-7-18-39)53-52(51)48-22-10-12-25-49(48)55-53)43-33-29-40(30-34-43)45-23-14-24-47-46-21-11-13-26-50(46)57(54(45)47)41-19-8-3-9-20-41;1-2/h1-36,55H;1-2H3. The first-order chi connectivity index (χ1) is 29.3. The summed E-state index contributed by atoms with van der Waals surface area (Å²) in [5.41, 5.74) is 16.2. The Hall–Kier alpha value is -7.62. The highest BCUT2D eigenvalue weighted by Crippen LogP contribution is 2.46. The number of aromatic nitrogens is 2. The number of hydrogen-bond donors (Lipinski definition) is 1. The molecule has 3 nitrogen and oxygen atoms in total. The van der Waals surface area contributed by atoms with Crippen molar-refractivity contribution in [2.75, 3.05) is 4.90 Å². The highest BCUT2D eigenvalue weighted by Gasteiger charge is 2.22. The van der Waals surface area contributed by atoms with Crippen molar-refractivity contribution in [1.29, 1.82) is 0 Å². The van der Waals surface area contributed by atoms with Gasteiger partial charge in [0.1, 0.15) is 0 Å². The molecule has 282 valence electrons. The number of nitrogens with one attached hydrogen (secondary N) is 1. The zero-order chi connectivity index (χ0) is 39.7. The van der Waals surface area contributed by atoms with E-state index < -0.39 is 0 Å². The number of nitrogens with zero attached hydrogens (tertiary/aromatic N) is 2. The number of hydrogen-bond acceptors (Lipinski definition) is 1. The van der Waals surface area contributed by atoms with Gasteiger partial charge >= 0.3 is 0 Å². The van der Waals surface area contributed by atoms with Crippen LogP contribution in [0.3, 0.4) is 0 Å². The number of aromatic amines is 1. The van der Waals surface area contributed by atoms with E-state index in [2.05, 4.69) is 233 Å². The third-order valence-electron chi connectivity index (χ3n) is 11.3. The fraction of sp³-hybridized carbons (Fsp3) is 0.0357. The van der Waals surface area contributed by atoms with Crippen molar-refractivity contribution in [2.45, 2.75) is 13.8 Å². The lowest BCUT2D eigenvalue weighted by molar-refractivity contribution is 1.18. The first-order valence-corrected chi connectivity index (χ1v) is 20.5.